The fourth-order valence-electron chi connectivity index (χ4n) is 2.75. The third kappa shape index (κ3) is 4.31. The summed E-state index contributed by atoms with van der Waals surface area (Å²) >= 11 is 5.89. The molecule has 0 saturated carbocycles. The minimum atomic E-state index is -0.565. The molecule has 1 amide bonds. The lowest BCUT2D eigenvalue weighted by atomic mass is 10.1. The summed E-state index contributed by atoms with van der Waals surface area (Å²) in [6, 6.07) is 15.0. The molecule has 3 aromatic rings. The van der Waals surface area contributed by atoms with E-state index in [9.17, 15) is 9.59 Å². The standard InChI is InChI=1S/C19H19ClN2O3/c1-13(7-8-14-5-3-2-4-6-14)21-18(23)12-22-16-10-9-15(20)11-17(16)25-19(22)24/h2-6,9-11,13H,7-8,12H2,1H3,(H,21,23)/t13-/m1/s1. The number of aryl methyl sites for hydroxylation is 1. The average molecular weight is 359 g/mol. The van der Waals surface area contributed by atoms with Gasteiger partial charge in [-0.25, -0.2) is 4.79 Å². The Labute approximate surface area is 150 Å². The average Bonchev–Trinajstić information content (AvgIpc) is 2.88. The van der Waals surface area contributed by atoms with E-state index in [-0.39, 0.29) is 18.5 Å². The van der Waals surface area contributed by atoms with Crippen LogP contribution in [0.1, 0.15) is 18.9 Å². The molecule has 25 heavy (non-hydrogen) atoms. The molecule has 6 heteroatoms. The Morgan fingerprint density at radius 1 is 1.24 bits per heavy atom. The maximum Gasteiger partial charge on any atom is 0.420 e. The lowest BCUT2D eigenvalue weighted by molar-refractivity contribution is -0.122. The first-order chi connectivity index (χ1) is 12.0. The van der Waals surface area contributed by atoms with Gasteiger partial charge in [0.25, 0.3) is 0 Å². The number of nitrogens with one attached hydrogen (secondary N) is 1. The number of hydrogen-bond acceptors (Lipinski definition) is 3. The SMILES string of the molecule is C[C@H](CCc1ccccc1)NC(=O)Cn1c(=O)oc2cc(Cl)ccc21. The Hall–Kier alpha value is -2.53. The van der Waals surface area contributed by atoms with Crippen molar-refractivity contribution in [2.75, 3.05) is 0 Å². The number of hydrogen-bond donors (Lipinski definition) is 1. The Morgan fingerprint density at radius 2 is 2.00 bits per heavy atom. The molecule has 1 N–H and O–H groups in total. The van der Waals surface area contributed by atoms with Gasteiger partial charge in [0, 0.05) is 17.1 Å². The van der Waals surface area contributed by atoms with Gasteiger partial charge in [0.1, 0.15) is 6.54 Å². The van der Waals surface area contributed by atoms with Crippen LogP contribution in [0.4, 0.5) is 0 Å². The van der Waals surface area contributed by atoms with Crippen molar-refractivity contribution in [1.29, 1.82) is 0 Å². The Morgan fingerprint density at radius 3 is 2.76 bits per heavy atom. The van der Waals surface area contributed by atoms with Crippen LogP contribution in [0.15, 0.2) is 57.7 Å². The van der Waals surface area contributed by atoms with Crippen LogP contribution in [0.2, 0.25) is 5.02 Å². The summed E-state index contributed by atoms with van der Waals surface area (Å²) < 4.78 is 6.44. The van der Waals surface area contributed by atoms with E-state index in [1.54, 1.807) is 18.2 Å². The van der Waals surface area contributed by atoms with Gasteiger partial charge in [-0.2, -0.15) is 0 Å². The summed E-state index contributed by atoms with van der Waals surface area (Å²) in [4.78, 5) is 24.2. The zero-order valence-corrected chi connectivity index (χ0v) is 14.6. The van der Waals surface area contributed by atoms with Gasteiger partial charge >= 0.3 is 5.76 Å². The number of carbonyl (C=O) groups excluding carboxylic acids is 1. The van der Waals surface area contributed by atoms with E-state index in [1.165, 1.54) is 10.1 Å². The summed E-state index contributed by atoms with van der Waals surface area (Å²) in [5.74, 6) is -0.787. The quantitative estimate of drug-likeness (QED) is 0.734. The highest BCUT2D eigenvalue weighted by Gasteiger charge is 2.14. The topological polar surface area (TPSA) is 64.2 Å². The van der Waals surface area contributed by atoms with E-state index in [0.717, 1.165) is 12.8 Å². The maximum absolute atomic E-state index is 12.3. The first kappa shape index (κ1) is 17.3. The summed E-state index contributed by atoms with van der Waals surface area (Å²) in [7, 11) is 0. The van der Waals surface area contributed by atoms with Crippen LogP contribution >= 0.6 is 11.6 Å². The first-order valence-electron chi connectivity index (χ1n) is 8.15. The molecule has 0 unspecified atom stereocenters. The van der Waals surface area contributed by atoms with Crippen molar-refractivity contribution in [2.24, 2.45) is 0 Å². The molecule has 1 atom stereocenters. The normalized spacial score (nSPS) is 12.2. The molecule has 0 fully saturated rings. The van der Waals surface area contributed by atoms with Gasteiger partial charge in [0.05, 0.1) is 5.52 Å². The molecule has 1 heterocycles. The highest BCUT2D eigenvalue weighted by Crippen LogP contribution is 2.18. The van der Waals surface area contributed by atoms with Crippen molar-refractivity contribution in [2.45, 2.75) is 32.4 Å². The molecule has 2 aromatic carbocycles. The zero-order valence-electron chi connectivity index (χ0n) is 13.9. The van der Waals surface area contributed by atoms with E-state index in [4.69, 9.17) is 16.0 Å². The van der Waals surface area contributed by atoms with E-state index in [0.29, 0.717) is 16.1 Å². The van der Waals surface area contributed by atoms with Crippen molar-refractivity contribution < 1.29 is 9.21 Å². The molecular formula is C19H19ClN2O3. The van der Waals surface area contributed by atoms with E-state index < -0.39 is 5.76 Å². The van der Waals surface area contributed by atoms with Gasteiger partial charge in [-0.1, -0.05) is 41.9 Å². The number of rotatable bonds is 6. The van der Waals surface area contributed by atoms with Crippen molar-refractivity contribution in [1.82, 2.24) is 9.88 Å². The predicted molar refractivity (Wildman–Crippen MR) is 97.9 cm³/mol. The van der Waals surface area contributed by atoms with Crippen LogP contribution in [0, 0.1) is 0 Å². The third-order valence-corrected chi connectivity index (χ3v) is 4.28. The molecule has 5 nitrogen and oxygen atoms in total. The number of carbonyl (C=O) groups is 1. The number of halogens is 1. The fraction of sp³-hybridized carbons (Fsp3) is 0.263. The van der Waals surface area contributed by atoms with E-state index >= 15 is 0 Å². The molecule has 0 bridgehead atoms. The van der Waals surface area contributed by atoms with Crippen molar-refractivity contribution >= 4 is 28.6 Å². The molecule has 3 rings (SSSR count). The molecule has 1 aromatic heterocycles. The van der Waals surface area contributed by atoms with Crippen LogP contribution in [-0.4, -0.2) is 16.5 Å². The van der Waals surface area contributed by atoms with Gasteiger partial charge in [-0.3, -0.25) is 9.36 Å². The summed E-state index contributed by atoms with van der Waals surface area (Å²) in [5.41, 5.74) is 2.17. The third-order valence-electron chi connectivity index (χ3n) is 4.05. The van der Waals surface area contributed by atoms with Crippen molar-refractivity contribution in [3.63, 3.8) is 0 Å². The van der Waals surface area contributed by atoms with Crippen LogP contribution in [0.3, 0.4) is 0 Å². The number of fused-ring (bicyclic) bond motifs is 1. The van der Waals surface area contributed by atoms with Gasteiger partial charge in [0.15, 0.2) is 5.58 Å². The number of oxazole rings is 1. The van der Waals surface area contributed by atoms with Gasteiger partial charge in [-0.05, 0) is 37.5 Å². The molecule has 130 valence electrons. The second-order valence-electron chi connectivity index (χ2n) is 6.06. The van der Waals surface area contributed by atoms with Gasteiger partial charge < -0.3 is 9.73 Å². The van der Waals surface area contributed by atoms with Gasteiger partial charge in [-0.15, -0.1) is 0 Å². The molecule has 0 aliphatic carbocycles. The fourth-order valence-corrected chi connectivity index (χ4v) is 2.92. The van der Waals surface area contributed by atoms with Crippen LogP contribution < -0.4 is 11.1 Å². The summed E-state index contributed by atoms with van der Waals surface area (Å²) in [6.45, 7) is 1.88. The van der Waals surface area contributed by atoms with Crippen LogP contribution in [0.25, 0.3) is 11.1 Å². The second-order valence-corrected chi connectivity index (χ2v) is 6.50. The highest BCUT2D eigenvalue weighted by atomic mass is 35.5. The smallest absolute Gasteiger partial charge is 0.408 e. The second kappa shape index (κ2) is 7.57. The monoisotopic (exact) mass is 358 g/mol. The van der Waals surface area contributed by atoms with Gasteiger partial charge in [0.2, 0.25) is 5.91 Å². The summed E-state index contributed by atoms with van der Waals surface area (Å²) in [6.07, 6.45) is 1.71. The van der Waals surface area contributed by atoms with Crippen LogP contribution in [0.5, 0.6) is 0 Å². The largest absolute Gasteiger partial charge is 0.420 e. The number of nitrogens with zero attached hydrogens (tertiary/aromatic N) is 1. The zero-order chi connectivity index (χ0) is 17.8. The lowest BCUT2D eigenvalue weighted by Crippen LogP contribution is -2.37. The minimum absolute atomic E-state index is 0.0102. The van der Waals surface area contributed by atoms with Crippen molar-refractivity contribution in [3.8, 4) is 0 Å². The first-order valence-corrected chi connectivity index (χ1v) is 8.53. The number of benzene rings is 2. The number of aromatic nitrogens is 1. The highest BCUT2D eigenvalue weighted by molar-refractivity contribution is 6.31. The van der Waals surface area contributed by atoms with E-state index in [1.807, 2.05) is 25.1 Å². The predicted octanol–water partition coefficient (Wildman–Crippen LogP) is 3.39. The van der Waals surface area contributed by atoms with Crippen molar-refractivity contribution in [3.05, 3.63) is 69.7 Å². The number of amides is 1. The molecular weight excluding hydrogens is 340 g/mol. The maximum atomic E-state index is 12.3. The molecule has 0 radical (unpaired) electrons. The Kier molecular flexibility index (Phi) is 5.24. The summed E-state index contributed by atoms with van der Waals surface area (Å²) in [5, 5.41) is 3.40. The molecule has 0 aliphatic rings. The molecule has 0 aliphatic heterocycles. The van der Waals surface area contributed by atoms with Crippen LogP contribution in [-0.2, 0) is 17.8 Å². The molecule has 0 saturated heterocycles. The van der Waals surface area contributed by atoms with E-state index in [2.05, 4.69) is 17.4 Å². The minimum Gasteiger partial charge on any atom is -0.408 e. The molecule has 0 spiro atoms. The lowest BCUT2D eigenvalue weighted by Gasteiger charge is -2.14. The Bertz CT molecular complexity index is 931. The Balaban J connectivity index is 1.61.